The number of nitro groups is 1. The minimum Gasteiger partial charge on any atom is -0.466 e. The van der Waals surface area contributed by atoms with Crippen molar-refractivity contribution in [2.45, 2.75) is 51.5 Å². The Labute approximate surface area is 147 Å². The van der Waals surface area contributed by atoms with Crippen LogP contribution in [0, 0.1) is 10.1 Å². The van der Waals surface area contributed by atoms with Crippen LogP contribution in [-0.2, 0) is 20.7 Å². The number of hydrogen-bond acceptors (Lipinski definition) is 5. The van der Waals surface area contributed by atoms with Crippen LogP contribution in [-0.4, -0.2) is 40.9 Å². The van der Waals surface area contributed by atoms with Crippen molar-refractivity contribution >= 4 is 17.6 Å². The number of carbonyl (C=O) groups is 2. The molecule has 1 aliphatic carbocycles. The van der Waals surface area contributed by atoms with Gasteiger partial charge in [-0.15, -0.1) is 0 Å². The van der Waals surface area contributed by atoms with E-state index in [1.54, 1.807) is 30.0 Å². The highest BCUT2D eigenvalue weighted by Gasteiger charge is 2.28. The summed E-state index contributed by atoms with van der Waals surface area (Å²) in [6.07, 6.45) is 4.04. The second kappa shape index (κ2) is 9.15. The summed E-state index contributed by atoms with van der Waals surface area (Å²) >= 11 is 0. The molecule has 0 spiro atoms. The maximum atomic E-state index is 12.8. The highest BCUT2D eigenvalue weighted by atomic mass is 16.6. The van der Waals surface area contributed by atoms with Crippen molar-refractivity contribution in [3.8, 4) is 0 Å². The lowest BCUT2D eigenvalue weighted by Crippen LogP contribution is -2.41. The molecule has 0 unspecified atom stereocenters. The van der Waals surface area contributed by atoms with E-state index in [9.17, 15) is 19.7 Å². The Bertz CT molecular complexity index is 626. The summed E-state index contributed by atoms with van der Waals surface area (Å²) in [4.78, 5) is 36.8. The van der Waals surface area contributed by atoms with Crippen molar-refractivity contribution < 1.29 is 19.2 Å². The third-order valence-corrected chi connectivity index (χ3v) is 4.48. The molecule has 1 saturated carbocycles. The summed E-state index contributed by atoms with van der Waals surface area (Å²) in [6, 6.07) is 6.38. The molecule has 0 bridgehead atoms. The lowest BCUT2D eigenvalue weighted by atomic mass is 10.1. The molecule has 0 atom stereocenters. The highest BCUT2D eigenvalue weighted by molar-refractivity contribution is 5.81. The number of para-hydroxylation sites is 1. The fraction of sp³-hybridized carbons (Fsp3) is 0.556. The first-order chi connectivity index (χ1) is 12.0. The zero-order chi connectivity index (χ0) is 18.2. The molecule has 7 heteroatoms. The third kappa shape index (κ3) is 5.27. The van der Waals surface area contributed by atoms with Crippen LogP contribution in [0.2, 0.25) is 0 Å². The number of esters is 1. The van der Waals surface area contributed by atoms with E-state index < -0.39 is 4.92 Å². The number of hydrogen-bond donors (Lipinski definition) is 0. The molecule has 0 radical (unpaired) electrons. The van der Waals surface area contributed by atoms with Crippen LogP contribution in [0.15, 0.2) is 24.3 Å². The van der Waals surface area contributed by atoms with E-state index in [4.69, 9.17) is 4.74 Å². The Morgan fingerprint density at radius 2 is 1.96 bits per heavy atom. The molecule has 1 aromatic rings. The van der Waals surface area contributed by atoms with E-state index in [0.717, 1.165) is 25.7 Å². The fourth-order valence-electron chi connectivity index (χ4n) is 3.27. The van der Waals surface area contributed by atoms with Crippen LogP contribution in [0.5, 0.6) is 0 Å². The molecule has 7 nitrogen and oxygen atoms in total. The number of rotatable bonds is 8. The van der Waals surface area contributed by atoms with E-state index in [1.165, 1.54) is 6.07 Å². The Hall–Kier alpha value is -2.44. The minimum atomic E-state index is -0.471. The number of ether oxygens (including phenoxy) is 1. The number of nitrogens with zero attached hydrogens (tertiary/aromatic N) is 2. The molecule has 1 amide bonds. The molecule has 0 saturated heterocycles. The Morgan fingerprint density at radius 1 is 1.28 bits per heavy atom. The van der Waals surface area contributed by atoms with Gasteiger partial charge in [-0.25, -0.2) is 0 Å². The van der Waals surface area contributed by atoms with Crippen molar-refractivity contribution in [3.05, 3.63) is 39.9 Å². The summed E-state index contributed by atoms with van der Waals surface area (Å²) in [7, 11) is 0. The standard InChI is InChI=1S/C18H24N2O5/c1-2-25-18(22)11-12-19(15-8-4-5-9-15)17(21)13-14-7-3-6-10-16(14)20(23)24/h3,6-7,10,15H,2,4-5,8-9,11-13H2,1H3. The quantitative estimate of drug-likeness (QED) is 0.409. The molecule has 1 aliphatic rings. The first-order valence-corrected chi connectivity index (χ1v) is 8.70. The van der Waals surface area contributed by atoms with E-state index >= 15 is 0 Å². The van der Waals surface area contributed by atoms with Crippen LogP contribution in [0.3, 0.4) is 0 Å². The van der Waals surface area contributed by atoms with Gasteiger partial charge in [-0.3, -0.25) is 19.7 Å². The molecule has 0 aliphatic heterocycles. The predicted octanol–water partition coefficient (Wildman–Crippen LogP) is 2.86. The summed E-state index contributed by atoms with van der Waals surface area (Å²) in [6.45, 7) is 2.35. The van der Waals surface area contributed by atoms with Crippen LogP contribution in [0.25, 0.3) is 0 Å². The van der Waals surface area contributed by atoms with Crippen molar-refractivity contribution in [3.63, 3.8) is 0 Å². The van der Waals surface area contributed by atoms with Gasteiger partial charge in [-0.2, -0.15) is 0 Å². The van der Waals surface area contributed by atoms with Crippen LogP contribution in [0.4, 0.5) is 5.69 Å². The Kier molecular flexibility index (Phi) is 6.91. The molecule has 136 valence electrons. The van der Waals surface area contributed by atoms with Gasteiger partial charge in [0.05, 0.1) is 24.4 Å². The first kappa shape index (κ1) is 18.9. The van der Waals surface area contributed by atoms with Gasteiger partial charge in [-0.1, -0.05) is 31.0 Å². The van der Waals surface area contributed by atoms with E-state index in [2.05, 4.69) is 0 Å². The van der Waals surface area contributed by atoms with Gasteiger partial charge in [0.2, 0.25) is 5.91 Å². The first-order valence-electron chi connectivity index (χ1n) is 8.70. The number of nitro benzene ring substituents is 1. The van der Waals surface area contributed by atoms with E-state index in [-0.39, 0.29) is 36.4 Å². The van der Waals surface area contributed by atoms with Gasteiger partial charge in [0.25, 0.3) is 5.69 Å². The lowest BCUT2D eigenvalue weighted by Gasteiger charge is -2.29. The maximum Gasteiger partial charge on any atom is 0.307 e. The molecule has 1 aromatic carbocycles. The summed E-state index contributed by atoms with van der Waals surface area (Å²) in [5.41, 5.74) is 0.351. The molecule has 25 heavy (non-hydrogen) atoms. The Balaban J connectivity index is 2.09. The van der Waals surface area contributed by atoms with Crippen LogP contribution < -0.4 is 0 Å². The topological polar surface area (TPSA) is 89.8 Å². The van der Waals surface area contributed by atoms with E-state index in [0.29, 0.717) is 18.7 Å². The lowest BCUT2D eigenvalue weighted by molar-refractivity contribution is -0.385. The smallest absolute Gasteiger partial charge is 0.307 e. The van der Waals surface area contributed by atoms with Crippen molar-refractivity contribution in [1.29, 1.82) is 0 Å². The van der Waals surface area contributed by atoms with E-state index in [1.807, 2.05) is 0 Å². The van der Waals surface area contributed by atoms with Gasteiger partial charge < -0.3 is 9.64 Å². The molecular formula is C18H24N2O5. The summed E-state index contributed by atoms with van der Waals surface area (Å²) < 4.78 is 4.94. The summed E-state index contributed by atoms with van der Waals surface area (Å²) in [5, 5.41) is 11.1. The molecule has 0 heterocycles. The molecule has 0 aromatic heterocycles. The predicted molar refractivity (Wildman–Crippen MR) is 92.0 cm³/mol. The van der Waals surface area contributed by atoms with Gasteiger partial charge in [-0.05, 0) is 19.8 Å². The normalized spacial score (nSPS) is 14.3. The average Bonchev–Trinajstić information content (AvgIpc) is 3.10. The Morgan fingerprint density at radius 3 is 2.60 bits per heavy atom. The van der Waals surface area contributed by atoms with Crippen molar-refractivity contribution in [2.75, 3.05) is 13.2 Å². The van der Waals surface area contributed by atoms with Crippen LogP contribution >= 0.6 is 0 Å². The zero-order valence-corrected chi connectivity index (χ0v) is 14.5. The third-order valence-electron chi connectivity index (χ3n) is 4.48. The monoisotopic (exact) mass is 348 g/mol. The van der Waals surface area contributed by atoms with Gasteiger partial charge in [0.1, 0.15) is 0 Å². The minimum absolute atomic E-state index is 0.0313. The van der Waals surface area contributed by atoms with Crippen molar-refractivity contribution in [1.82, 2.24) is 4.90 Å². The average molecular weight is 348 g/mol. The number of carbonyl (C=O) groups excluding carboxylic acids is 2. The van der Waals surface area contributed by atoms with Crippen LogP contribution in [0.1, 0.15) is 44.6 Å². The zero-order valence-electron chi connectivity index (χ0n) is 14.5. The SMILES string of the molecule is CCOC(=O)CCN(C(=O)Cc1ccccc1[N+](=O)[O-])C1CCCC1. The molecule has 2 rings (SSSR count). The van der Waals surface area contributed by atoms with Gasteiger partial charge >= 0.3 is 5.97 Å². The number of benzene rings is 1. The maximum absolute atomic E-state index is 12.8. The molecule has 0 N–H and O–H groups in total. The van der Waals surface area contributed by atoms with Crippen molar-refractivity contribution in [2.24, 2.45) is 0 Å². The van der Waals surface area contributed by atoms with Gasteiger partial charge in [0, 0.05) is 24.2 Å². The highest BCUT2D eigenvalue weighted by Crippen LogP contribution is 2.26. The largest absolute Gasteiger partial charge is 0.466 e. The number of amides is 1. The van der Waals surface area contributed by atoms with Gasteiger partial charge in [0.15, 0.2) is 0 Å². The second-order valence-corrected chi connectivity index (χ2v) is 6.14. The fourth-order valence-corrected chi connectivity index (χ4v) is 3.27. The summed E-state index contributed by atoms with van der Waals surface area (Å²) in [5.74, 6) is -0.505. The second-order valence-electron chi connectivity index (χ2n) is 6.14. The molecular weight excluding hydrogens is 324 g/mol. The molecule has 1 fully saturated rings.